The highest BCUT2D eigenvalue weighted by Crippen LogP contribution is 2.40. The summed E-state index contributed by atoms with van der Waals surface area (Å²) in [5, 5.41) is 8.05. The van der Waals surface area contributed by atoms with E-state index in [4.69, 9.17) is 10.5 Å². The van der Waals surface area contributed by atoms with Crippen molar-refractivity contribution in [3.63, 3.8) is 0 Å². The third-order valence-electron chi connectivity index (χ3n) is 6.07. The number of nitrogens with two attached hydrogens (primary N) is 1. The van der Waals surface area contributed by atoms with Gasteiger partial charge in [0, 0.05) is 48.4 Å². The number of fused-ring (bicyclic) bond motifs is 1. The summed E-state index contributed by atoms with van der Waals surface area (Å²) in [6.07, 6.45) is 8.18. The third kappa shape index (κ3) is 4.50. The van der Waals surface area contributed by atoms with Gasteiger partial charge in [-0.05, 0) is 38.0 Å². The predicted molar refractivity (Wildman–Crippen MR) is 132 cm³/mol. The lowest BCUT2D eigenvalue weighted by molar-refractivity contribution is -0.113. The summed E-state index contributed by atoms with van der Waals surface area (Å²) in [6, 6.07) is 10.5. The van der Waals surface area contributed by atoms with E-state index < -0.39 is 0 Å². The number of Topliss-reactive ketones (excluding diaryl/α,β-unsaturated/α-hetero) is 1. The second-order valence-corrected chi connectivity index (χ2v) is 8.42. The van der Waals surface area contributed by atoms with E-state index in [9.17, 15) is 4.79 Å². The fraction of sp³-hybridized carbons (Fsp3) is 0.308. The van der Waals surface area contributed by atoms with E-state index >= 15 is 0 Å². The molecule has 7 nitrogen and oxygen atoms in total. The molecule has 0 saturated carbocycles. The van der Waals surface area contributed by atoms with Crippen LogP contribution in [0.3, 0.4) is 0 Å². The summed E-state index contributed by atoms with van der Waals surface area (Å²) in [6.45, 7) is 7.35. The van der Waals surface area contributed by atoms with E-state index in [1.54, 1.807) is 21.0 Å². The van der Waals surface area contributed by atoms with E-state index in [0.29, 0.717) is 31.0 Å². The molecule has 0 aliphatic carbocycles. The van der Waals surface area contributed by atoms with Gasteiger partial charge in [0.2, 0.25) is 0 Å². The molecule has 0 saturated heterocycles. The molecule has 0 radical (unpaired) electrons. The Labute approximate surface area is 194 Å². The lowest BCUT2D eigenvalue weighted by Gasteiger charge is -2.23. The maximum atomic E-state index is 12.3. The number of benzene rings is 1. The van der Waals surface area contributed by atoms with Crippen LogP contribution in [0.25, 0.3) is 17.2 Å². The summed E-state index contributed by atoms with van der Waals surface area (Å²) in [7, 11) is 1.69. The van der Waals surface area contributed by atoms with Crippen LogP contribution in [0, 0.1) is 0 Å². The highest BCUT2D eigenvalue weighted by atomic mass is 16.5. The van der Waals surface area contributed by atoms with Crippen LogP contribution < -0.4 is 11.1 Å². The third-order valence-corrected chi connectivity index (χ3v) is 6.07. The smallest absolute Gasteiger partial charge is 0.161 e. The Morgan fingerprint density at radius 2 is 2.00 bits per heavy atom. The number of anilines is 1. The molecule has 1 aromatic carbocycles. The minimum atomic E-state index is -0.0274. The van der Waals surface area contributed by atoms with Crippen molar-refractivity contribution in [2.75, 3.05) is 25.6 Å². The van der Waals surface area contributed by atoms with Crippen molar-refractivity contribution in [3.8, 4) is 11.1 Å². The van der Waals surface area contributed by atoms with Gasteiger partial charge in [0.25, 0.3) is 0 Å². The average Bonchev–Trinajstić information content (AvgIpc) is 3.41. The molecule has 0 fully saturated rings. The van der Waals surface area contributed by atoms with Crippen molar-refractivity contribution in [3.05, 3.63) is 77.0 Å². The molecule has 33 heavy (non-hydrogen) atoms. The lowest BCUT2D eigenvalue weighted by atomic mass is 9.96. The van der Waals surface area contributed by atoms with Crippen molar-refractivity contribution < 1.29 is 9.53 Å². The number of methoxy groups -OCH3 is 1. The van der Waals surface area contributed by atoms with Crippen LogP contribution in [-0.2, 0) is 16.1 Å². The first-order valence-electron chi connectivity index (χ1n) is 11.1. The number of rotatable bonds is 8. The van der Waals surface area contributed by atoms with E-state index in [1.165, 1.54) is 5.56 Å². The maximum Gasteiger partial charge on any atom is 0.161 e. The monoisotopic (exact) mass is 445 g/mol. The van der Waals surface area contributed by atoms with Crippen molar-refractivity contribution in [2.24, 2.45) is 5.73 Å². The fourth-order valence-electron chi connectivity index (χ4n) is 4.43. The minimum absolute atomic E-state index is 0.0274. The summed E-state index contributed by atoms with van der Waals surface area (Å²) in [5.74, 6) is -0.0274. The number of nitrogens with zero attached hydrogens (tertiary/aromatic N) is 3. The van der Waals surface area contributed by atoms with Crippen LogP contribution in [0.5, 0.6) is 0 Å². The largest absolute Gasteiger partial charge is 0.402 e. The molecule has 1 aliphatic heterocycles. The molecule has 7 heteroatoms. The number of ether oxygens (including phenoxy) is 1. The van der Waals surface area contributed by atoms with Crippen LogP contribution in [0.15, 0.2) is 65.8 Å². The van der Waals surface area contributed by atoms with Gasteiger partial charge < -0.3 is 20.4 Å². The first-order valence-corrected chi connectivity index (χ1v) is 11.1. The average molecular weight is 446 g/mol. The highest BCUT2D eigenvalue weighted by Gasteiger charge is 2.26. The number of carbonyl (C=O) groups is 1. The molecule has 1 aliphatic rings. The van der Waals surface area contributed by atoms with Crippen molar-refractivity contribution in [1.29, 1.82) is 0 Å². The summed E-state index contributed by atoms with van der Waals surface area (Å²) in [5.41, 5.74) is 13.5. The van der Waals surface area contributed by atoms with Gasteiger partial charge in [0.05, 0.1) is 36.8 Å². The molecule has 0 bridgehead atoms. The van der Waals surface area contributed by atoms with Crippen LogP contribution in [0.4, 0.5) is 5.69 Å². The molecule has 172 valence electrons. The standard InChI is InChI=1S/C26H31N5O2/c1-17(27)25(19(3)32)21-12-24-26(28-13-21)23(22-14-29-30(15-22)10-11-33-4)16-31(24)18(2)20-8-6-5-7-9-20/h5-9,12,14-16,18,28H,10-11,13,27H2,1-4H3. The normalized spacial score (nSPS) is 14.7. The maximum absolute atomic E-state index is 12.3. The van der Waals surface area contributed by atoms with E-state index in [-0.39, 0.29) is 11.8 Å². The number of hydrogen-bond acceptors (Lipinski definition) is 5. The number of hydrogen-bond donors (Lipinski definition) is 2. The van der Waals surface area contributed by atoms with Crippen LogP contribution in [0.1, 0.15) is 38.1 Å². The Balaban J connectivity index is 1.84. The SMILES string of the molecule is COCCn1cc(-c2cn(C(C)c3ccccc3)c3c2NCC(C(C(C)=O)=C(C)N)=C3)cn1. The molecule has 1 unspecified atom stereocenters. The zero-order valence-electron chi connectivity index (χ0n) is 19.6. The van der Waals surface area contributed by atoms with E-state index in [0.717, 1.165) is 28.1 Å². The molecule has 3 aromatic rings. The second kappa shape index (κ2) is 9.50. The number of ketones is 1. The van der Waals surface area contributed by atoms with Gasteiger partial charge in [-0.15, -0.1) is 0 Å². The van der Waals surface area contributed by atoms with Crippen molar-refractivity contribution >= 4 is 17.5 Å². The Bertz CT molecular complexity index is 1210. The molecule has 3 N–H and O–H groups in total. The van der Waals surface area contributed by atoms with Gasteiger partial charge in [-0.1, -0.05) is 30.3 Å². The first kappa shape index (κ1) is 22.6. The van der Waals surface area contributed by atoms with Gasteiger partial charge in [0.1, 0.15) is 0 Å². The Hall–Kier alpha value is -3.58. The summed E-state index contributed by atoms with van der Waals surface area (Å²) in [4.78, 5) is 12.3. The quantitative estimate of drug-likeness (QED) is 0.507. The van der Waals surface area contributed by atoms with Crippen molar-refractivity contribution in [2.45, 2.75) is 33.4 Å². The number of nitrogens with one attached hydrogen (secondary N) is 1. The molecular formula is C26H31N5O2. The second-order valence-electron chi connectivity index (χ2n) is 8.42. The van der Waals surface area contributed by atoms with Gasteiger partial charge in [-0.2, -0.15) is 5.10 Å². The highest BCUT2D eigenvalue weighted by molar-refractivity contribution is 6.01. The van der Waals surface area contributed by atoms with Gasteiger partial charge in [-0.3, -0.25) is 9.48 Å². The molecule has 0 spiro atoms. The van der Waals surface area contributed by atoms with Gasteiger partial charge >= 0.3 is 0 Å². The lowest BCUT2D eigenvalue weighted by Crippen LogP contribution is -2.19. The summed E-state index contributed by atoms with van der Waals surface area (Å²) < 4.78 is 9.32. The Kier molecular flexibility index (Phi) is 6.51. The molecule has 1 atom stereocenters. The topological polar surface area (TPSA) is 87.1 Å². The molecular weight excluding hydrogens is 414 g/mol. The Morgan fingerprint density at radius 1 is 1.24 bits per heavy atom. The number of aromatic nitrogens is 3. The summed E-state index contributed by atoms with van der Waals surface area (Å²) >= 11 is 0. The van der Waals surface area contributed by atoms with Crippen LogP contribution in [0.2, 0.25) is 0 Å². The predicted octanol–water partition coefficient (Wildman–Crippen LogP) is 4.24. The molecule has 2 aromatic heterocycles. The van der Waals surface area contributed by atoms with Gasteiger partial charge in [0.15, 0.2) is 5.78 Å². The number of carbonyl (C=O) groups excluding carboxylic acids is 1. The number of allylic oxidation sites excluding steroid dienone is 1. The van der Waals surface area contributed by atoms with E-state index in [2.05, 4.69) is 58.4 Å². The van der Waals surface area contributed by atoms with Crippen LogP contribution in [-0.4, -0.2) is 40.4 Å². The fourth-order valence-corrected chi connectivity index (χ4v) is 4.43. The first-order chi connectivity index (χ1) is 15.9. The minimum Gasteiger partial charge on any atom is -0.402 e. The molecule has 0 amide bonds. The van der Waals surface area contributed by atoms with Crippen molar-refractivity contribution in [1.82, 2.24) is 14.3 Å². The molecule has 4 rings (SSSR count). The Morgan fingerprint density at radius 3 is 2.67 bits per heavy atom. The van der Waals surface area contributed by atoms with E-state index in [1.807, 2.05) is 23.1 Å². The molecule has 3 heterocycles. The zero-order valence-corrected chi connectivity index (χ0v) is 19.6. The van der Waals surface area contributed by atoms with Gasteiger partial charge in [-0.25, -0.2) is 0 Å². The zero-order chi connectivity index (χ0) is 23.5. The van der Waals surface area contributed by atoms with Crippen LogP contribution >= 0.6 is 0 Å².